The number of aryl methyl sites for hydroxylation is 2. The number of carbonyl (C=O) groups is 1. The van der Waals surface area contributed by atoms with Crippen molar-refractivity contribution in [2.45, 2.75) is 13.8 Å². The molecule has 7 heteroatoms. The second kappa shape index (κ2) is 5.87. The maximum atomic E-state index is 12.1. The van der Waals surface area contributed by atoms with Crippen LogP contribution in [0.1, 0.15) is 17.0 Å². The van der Waals surface area contributed by atoms with Gasteiger partial charge in [-0.25, -0.2) is 4.98 Å². The zero-order valence-electron chi connectivity index (χ0n) is 11.0. The molecule has 0 unspecified atom stereocenters. The highest BCUT2D eigenvalue weighted by atomic mass is 79.9. The highest BCUT2D eigenvalue weighted by Gasteiger charge is 2.18. The van der Waals surface area contributed by atoms with Crippen molar-refractivity contribution < 1.29 is 9.21 Å². The standard InChI is InChI=1S/C13H13BrN4O2/c1-7-5-8(2)16-11(6-7)17-13(19)12(18-15)9-3-4-10(14)20-9/h3-6H,15H2,1-2H3,(H,16,17,19)/b18-12-. The smallest absolute Gasteiger partial charge is 0.281 e. The van der Waals surface area contributed by atoms with E-state index in [1.807, 2.05) is 19.9 Å². The van der Waals surface area contributed by atoms with Gasteiger partial charge in [-0.1, -0.05) is 0 Å². The summed E-state index contributed by atoms with van der Waals surface area (Å²) < 4.78 is 5.76. The van der Waals surface area contributed by atoms with Crippen LogP contribution in [-0.4, -0.2) is 16.6 Å². The molecule has 0 aliphatic rings. The van der Waals surface area contributed by atoms with E-state index in [1.165, 1.54) is 0 Å². The molecule has 2 heterocycles. The second-order valence-corrected chi connectivity index (χ2v) is 4.99. The minimum atomic E-state index is -0.480. The lowest BCUT2D eigenvalue weighted by molar-refractivity contribution is -0.110. The van der Waals surface area contributed by atoms with Gasteiger partial charge in [0.1, 0.15) is 5.82 Å². The van der Waals surface area contributed by atoms with Crippen molar-refractivity contribution in [3.05, 3.63) is 46.0 Å². The number of hydrazone groups is 1. The van der Waals surface area contributed by atoms with Crippen LogP contribution >= 0.6 is 15.9 Å². The summed E-state index contributed by atoms with van der Waals surface area (Å²) >= 11 is 3.16. The van der Waals surface area contributed by atoms with Gasteiger partial charge in [0, 0.05) is 5.69 Å². The predicted molar refractivity (Wildman–Crippen MR) is 79.5 cm³/mol. The van der Waals surface area contributed by atoms with E-state index in [9.17, 15) is 4.79 Å². The number of carbonyl (C=O) groups excluding carboxylic acids is 1. The molecule has 2 aromatic heterocycles. The van der Waals surface area contributed by atoms with Crippen molar-refractivity contribution in [2.75, 3.05) is 5.32 Å². The largest absolute Gasteiger partial charge is 0.447 e. The number of hydrogen-bond acceptors (Lipinski definition) is 5. The van der Waals surface area contributed by atoms with Gasteiger partial charge in [-0.05, 0) is 59.6 Å². The van der Waals surface area contributed by atoms with Crippen LogP contribution in [0.2, 0.25) is 0 Å². The molecule has 0 fully saturated rings. The Bertz CT molecular complexity index is 659. The number of amides is 1. The molecular weight excluding hydrogens is 324 g/mol. The molecule has 104 valence electrons. The van der Waals surface area contributed by atoms with Crippen molar-refractivity contribution in [3.8, 4) is 0 Å². The Morgan fingerprint density at radius 3 is 2.70 bits per heavy atom. The average Bonchev–Trinajstić information content (AvgIpc) is 2.75. The third-order valence-electron chi connectivity index (χ3n) is 2.49. The fourth-order valence-corrected chi connectivity index (χ4v) is 2.06. The third-order valence-corrected chi connectivity index (χ3v) is 2.92. The Hall–Kier alpha value is -2.15. The summed E-state index contributed by atoms with van der Waals surface area (Å²) in [5, 5.41) is 6.12. The lowest BCUT2D eigenvalue weighted by Gasteiger charge is -2.06. The van der Waals surface area contributed by atoms with Gasteiger partial charge in [0.2, 0.25) is 0 Å². The van der Waals surface area contributed by atoms with Gasteiger partial charge in [0.05, 0.1) is 0 Å². The topological polar surface area (TPSA) is 93.5 Å². The molecule has 0 radical (unpaired) electrons. The molecular formula is C13H13BrN4O2. The molecule has 2 rings (SSSR count). The van der Waals surface area contributed by atoms with Gasteiger partial charge < -0.3 is 15.6 Å². The Kier molecular flexibility index (Phi) is 4.19. The molecule has 1 amide bonds. The number of halogens is 1. The van der Waals surface area contributed by atoms with Crippen LogP contribution in [0.3, 0.4) is 0 Å². The Morgan fingerprint density at radius 2 is 2.15 bits per heavy atom. The predicted octanol–water partition coefficient (Wildman–Crippen LogP) is 2.36. The molecule has 0 saturated carbocycles. The molecule has 3 N–H and O–H groups in total. The fourth-order valence-electron chi connectivity index (χ4n) is 1.76. The van der Waals surface area contributed by atoms with Gasteiger partial charge in [0.25, 0.3) is 5.91 Å². The van der Waals surface area contributed by atoms with Crippen molar-refractivity contribution in [3.63, 3.8) is 0 Å². The zero-order chi connectivity index (χ0) is 14.7. The molecule has 0 aliphatic heterocycles. The Morgan fingerprint density at radius 1 is 1.40 bits per heavy atom. The van der Waals surface area contributed by atoms with E-state index in [-0.39, 0.29) is 11.5 Å². The van der Waals surface area contributed by atoms with E-state index in [4.69, 9.17) is 10.3 Å². The molecule has 0 aliphatic carbocycles. The van der Waals surface area contributed by atoms with E-state index in [0.29, 0.717) is 10.5 Å². The first-order chi connectivity index (χ1) is 9.49. The van der Waals surface area contributed by atoms with Crippen molar-refractivity contribution in [1.82, 2.24) is 4.98 Å². The number of nitrogens with zero attached hydrogens (tertiary/aromatic N) is 2. The SMILES string of the molecule is Cc1cc(C)nc(NC(=O)/C(=N\N)c2ccc(Br)o2)c1. The number of rotatable bonds is 3. The Balaban J connectivity index is 2.22. The van der Waals surface area contributed by atoms with Gasteiger partial charge >= 0.3 is 0 Å². The van der Waals surface area contributed by atoms with E-state index in [2.05, 4.69) is 31.3 Å². The van der Waals surface area contributed by atoms with Crippen LogP contribution in [0.5, 0.6) is 0 Å². The normalized spacial score (nSPS) is 11.4. The number of furan rings is 1. The van der Waals surface area contributed by atoms with Crippen LogP contribution in [0.4, 0.5) is 5.82 Å². The number of aromatic nitrogens is 1. The first-order valence-electron chi connectivity index (χ1n) is 5.80. The quantitative estimate of drug-likeness (QED) is 0.511. The van der Waals surface area contributed by atoms with E-state index in [1.54, 1.807) is 18.2 Å². The maximum absolute atomic E-state index is 12.1. The van der Waals surface area contributed by atoms with Gasteiger partial charge in [-0.15, -0.1) is 0 Å². The zero-order valence-corrected chi connectivity index (χ0v) is 12.6. The first-order valence-corrected chi connectivity index (χ1v) is 6.59. The molecule has 6 nitrogen and oxygen atoms in total. The van der Waals surface area contributed by atoms with Gasteiger partial charge in [0.15, 0.2) is 16.1 Å². The summed E-state index contributed by atoms with van der Waals surface area (Å²) in [5.41, 5.74) is 1.81. The average molecular weight is 337 g/mol. The molecule has 0 saturated heterocycles. The summed E-state index contributed by atoms with van der Waals surface area (Å²) in [5.74, 6) is 5.50. The summed E-state index contributed by atoms with van der Waals surface area (Å²) in [6, 6.07) is 6.93. The molecule has 2 aromatic rings. The highest BCUT2D eigenvalue weighted by Crippen LogP contribution is 2.16. The lowest BCUT2D eigenvalue weighted by Crippen LogP contribution is -2.25. The van der Waals surface area contributed by atoms with Gasteiger partial charge in [-0.3, -0.25) is 4.79 Å². The molecule has 0 atom stereocenters. The van der Waals surface area contributed by atoms with Crippen LogP contribution < -0.4 is 11.2 Å². The number of anilines is 1. The minimum absolute atomic E-state index is 0.00309. The molecule has 0 aromatic carbocycles. The number of nitrogens with one attached hydrogen (secondary N) is 1. The number of hydrogen-bond donors (Lipinski definition) is 2. The van der Waals surface area contributed by atoms with Crippen LogP contribution in [0, 0.1) is 13.8 Å². The maximum Gasteiger partial charge on any atom is 0.281 e. The van der Waals surface area contributed by atoms with Crippen LogP contribution in [0.15, 0.2) is 38.5 Å². The lowest BCUT2D eigenvalue weighted by atomic mass is 10.2. The molecule has 20 heavy (non-hydrogen) atoms. The summed E-state index contributed by atoms with van der Waals surface area (Å²) in [6.45, 7) is 3.77. The summed E-state index contributed by atoms with van der Waals surface area (Å²) in [7, 11) is 0. The monoisotopic (exact) mass is 336 g/mol. The molecule has 0 spiro atoms. The van der Waals surface area contributed by atoms with Crippen molar-refractivity contribution in [2.24, 2.45) is 10.9 Å². The Labute approximate surface area is 124 Å². The summed E-state index contributed by atoms with van der Waals surface area (Å²) in [4.78, 5) is 16.4. The molecule has 0 bridgehead atoms. The van der Waals surface area contributed by atoms with E-state index >= 15 is 0 Å². The van der Waals surface area contributed by atoms with Crippen LogP contribution in [0.25, 0.3) is 0 Å². The van der Waals surface area contributed by atoms with Gasteiger partial charge in [-0.2, -0.15) is 5.10 Å². The van der Waals surface area contributed by atoms with Crippen LogP contribution in [-0.2, 0) is 4.79 Å². The van der Waals surface area contributed by atoms with E-state index in [0.717, 1.165) is 11.3 Å². The van der Waals surface area contributed by atoms with Crippen molar-refractivity contribution >= 4 is 33.4 Å². The minimum Gasteiger partial charge on any atom is -0.447 e. The van der Waals surface area contributed by atoms with E-state index < -0.39 is 5.91 Å². The number of nitrogens with two attached hydrogens (primary N) is 1. The first kappa shape index (κ1) is 14.3. The summed E-state index contributed by atoms with van der Waals surface area (Å²) in [6.07, 6.45) is 0. The number of pyridine rings is 1. The second-order valence-electron chi connectivity index (χ2n) is 4.21. The van der Waals surface area contributed by atoms with Crippen molar-refractivity contribution in [1.29, 1.82) is 0 Å². The highest BCUT2D eigenvalue weighted by molar-refractivity contribution is 9.10. The fraction of sp³-hybridized carbons (Fsp3) is 0.154. The third kappa shape index (κ3) is 3.24.